The molecule has 1 N–H and O–H groups in total. The van der Waals surface area contributed by atoms with E-state index in [2.05, 4.69) is 11.6 Å². The Balaban J connectivity index is 2.77. The molecule has 0 bridgehead atoms. The highest BCUT2D eigenvalue weighted by molar-refractivity contribution is 7.89. The summed E-state index contributed by atoms with van der Waals surface area (Å²) in [6, 6.07) is 4.58. The topological polar surface area (TPSA) is 64.6 Å². The first-order valence-electron chi connectivity index (χ1n) is 7.69. The van der Waals surface area contributed by atoms with E-state index in [4.69, 9.17) is 9.47 Å². The molecule has 0 spiro atoms. The second-order valence-corrected chi connectivity index (χ2v) is 7.07. The first-order valence-corrected chi connectivity index (χ1v) is 9.17. The molecule has 0 radical (unpaired) electrons. The molecule has 22 heavy (non-hydrogen) atoms. The first-order chi connectivity index (χ1) is 10.4. The summed E-state index contributed by atoms with van der Waals surface area (Å²) < 4.78 is 37.9. The maximum absolute atomic E-state index is 12.5. The van der Waals surface area contributed by atoms with Crippen LogP contribution < -0.4 is 14.2 Å². The molecule has 0 aromatic heterocycles. The maximum Gasteiger partial charge on any atom is 0.244 e. The van der Waals surface area contributed by atoms with Crippen LogP contribution in [0.3, 0.4) is 0 Å². The molecule has 6 heteroatoms. The van der Waals surface area contributed by atoms with E-state index in [-0.39, 0.29) is 16.7 Å². The number of nitrogens with one attached hydrogen (secondary N) is 1. The minimum atomic E-state index is -3.60. The normalized spacial score (nSPS) is 12.9. The molecule has 0 aliphatic carbocycles. The van der Waals surface area contributed by atoms with Gasteiger partial charge in [0.05, 0.1) is 14.2 Å². The number of hydrogen-bond acceptors (Lipinski definition) is 4. The van der Waals surface area contributed by atoms with Crippen molar-refractivity contribution in [2.24, 2.45) is 0 Å². The SMILES string of the molecule is CCCCCCC(C)NS(=O)(=O)c1ccc(OC)cc1OC. The molecule has 0 saturated carbocycles. The number of methoxy groups -OCH3 is 2. The van der Waals surface area contributed by atoms with Gasteiger partial charge < -0.3 is 9.47 Å². The maximum atomic E-state index is 12.5. The molecule has 1 aromatic rings. The van der Waals surface area contributed by atoms with Crippen molar-refractivity contribution in [1.29, 1.82) is 0 Å². The van der Waals surface area contributed by atoms with Gasteiger partial charge in [-0.2, -0.15) is 0 Å². The fourth-order valence-corrected chi connectivity index (χ4v) is 3.69. The van der Waals surface area contributed by atoms with Crippen LogP contribution in [0.25, 0.3) is 0 Å². The van der Waals surface area contributed by atoms with Gasteiger partial charge >= 0.3 is 0 Å². The lowest BCUT2D eigenvalue weighted by Crippen LogP contribution is -2.32. The van der Waals surface area contributed by atoms with E-state index >= 15 is 0 Å². The molecule has 0 heterocycles. The summed E-state index contributed by atoms with van der Waals surface area (Å²) >= 11 is 0. The van der Waals surface area contributed by atoms with Crippen molar-refractivity contribution in [3.8, 4) is 11.5 Å². The van der Waals surface area contributed by atoms with Gasteiger partial charge in [0.1, 0.15) is 16.4 Å². The van der Waals surface area contributed by atoms with Crippen LogP contribution >= 0.6 is 0 Å². The molecule has 1 rings (SSSR count). The Bertz CT molecular complexity index is 557. The van der Waals surface area contributed by atoms with Gasteiger partial charge in [-0.1, -0.05) is 32.6 Å². The summed E-state index contributed by atoms with van der Waals surface area (Å²) in [4.78, 5) is 0.135. The molecule has 126 valence electrons. The monoisotopic (exact) mass is 329 g/mol. The number of benzene rings is 1. The highest BCUT2D eigenvalue weighted by atomic mass is 32.2. The fraction of sp³-hybridized carbons (Fsp3) is 0.625. The lowest BCUT2D eigenvalue weighted by Gasteiger charge is -2.16. The lowest BCUT2D eigenvalue weighted by atomic mass is 10.1. The van der Waals surface area contributed by atoms with Gasteiger partial charge in [-0.15, -0.1) is 0 Å². The molecule has 0 amide bonds. The summed E-state index contributed by atoms with van der Waals surface area (Å²) in [5, 5.41) is 0. The Morgan fingerprint density at radius 3 is 2.45 bits per heavy atom. The van der Waals surface area contributed by atoms with Crippen LogP contribution in [0.15, 0.2) is 23.1 Å². The first kappa shape index (κ1) is 18.8. The number of unbranched alkanes of at least 4 members (excludes halogenated alkanes) is 3. The van der Waals surface area contributed by atoms with Gasteiger partial charge in [0.2, 0.25) is 10.0 Å². The number of ether oxygens (including phenoxy) is 2. The molecule has 0 aliphatic heterocycles. The Morgan fingerprint density at radius 2 is 1.86 bits per heavy atom. The Morgan fingerprint density at radius 1 is 1.14 bits per heavy atom. The van der Waals surface area contributed by atoms with Gasteiger partial charge in [-0.25, -0.2) is 13.1 Å². The molecular formula is C16H27NO4S. The Kier molecular flexibility index (Phi) is 7.68. The average Bonchev–Trinajstić information content (AvgIpc) is 2.50. The van der Waals surface area contributed by atoms with Crippen LogP contribution in [-0.4, -0.2) is 28.7 Å². The van der Waals surface area contributed by atoms with E-state index in [0.29, 0.717) is 5.75 Å². The number of sulfonamides is 1. The molecule has 5 nitrogen and oxygen atoms in total. The third kappa shape index (κ3) is 5.50. The van der Waals surface area contributed by atoms with Crippen LogP contribution in [0.5, 0.6) is 11.5 Å². The Hall–Kier alpha value is -1.27. The zero-order valence-corrected chi connectivity index (χ0v) is 14.7. The third-order valence-electron chi connectivity index (χ3n) is 3.51. The van der Waals surface area contributed by atoms with Gasteiger partial charge in [0, 0.05) is 12.1 Å². The van der Waals surface area contributed by atoms with Gasteiger partial charge in [0.25, 0.3) is 0 Å². The molecule has 1 atom stereocenters. The van der Waals surface area contributed by atoms with Gasteiger partial charge in [-0.3, -0.25) is 0 Å². The van der Waals surface area contributed by atoms with Crippen LogP contribution in [0.1, 0.15) is 46.0 Å². The highest BCUT2D eigenvalue weighted by Crippen LogP contribution is 2.28. The van der Waals surface area contributed by atoms with Crippen molar-refractivity contribution in [3.63, 3.8) is 0 Å². The van der Waals surface area contributed by atoms with E-state index in [1.165, 1.54) is 33.1 Å². The summed E-state index contributed by atoms with van der Waals surface area (Å²) in [6.07, 6.45) is 5.35. The number of hydrogen-bond donors (Lipinski definition) is 1. The van der Waals surface area contributed by atoms with Crippen molar-refractivity contribution < 1.29 is 17.9 Å². The Labute approximate surface area is 134 Å². The van der Waals surface area contributed by atoms with Crippen LogP contribution in [0.2, 0.25) is 0 Å². The second-order valence-electron chi connectivity index (χ2n) is 5.39. The van der Waals surface area contributed by atoms with E-state index < -0.39 is 10.0 Å². The molecule has 1 aromatic carbocycles. The van der Waals surface area contributed by atoms with E-state index in [0.717, 1.165) is 19.3 Å². The number of rotatable bonds is 10. The summed E-state index contributed by atoms with van der Waals surface area (Å²) in [5.41, 5.74) is 0. The molecule has 0 saturated heterocycles. The van der Waals surface area contributed by atoms with Crippen molar-refractivity contribution in [2.45, 2.75) is 56.9 Å². The summed E-state index contributed by atoms with van der Waals surface area (Å²) in [5.74, 6) is 0.841. The van der Waals surface area contributed by atoms with E-state index in [1.54, 1.807) is 12.1 Å². The average molecular weight is 329 g/mol. The zero-order valence-electron chi connectivity index (χ0n) is 13.9. The van der Waals surface area contributed by atoms with Crippen molar-refractivity contribution in [1.82, 2.24) is 4.72 Å². The fourth-order valence-electron chi connectivity index (χ4n) is 2.26. The van der Waals surface area contributed by atoms with Crippen molar-refractivity contribution >= 4 is 10.0 Å². The minimum Gasteiger partial charge on any atom is -0.497 e. The third-order valence-corrected chi connectivity index (χ3v) is 5.14. The second kappa shape index (κ2) is 9.00. The highest BCUT2D eigenvalue weighted by Gasteiger charge is 2.22. The molecule has 1 unspecified atom stereocenters. The predicted octanol–water partition coefficient (Wildman–Crippen LogP) is 3.34. The lowest BCUT2D eigenvalue weighted by molar-refractivity contribution is 0.385. The standard InChI is InChI=1S/C16H27NO4S/c1-5-6-7-8-9-13(2)17-22(18,19)16-11-10-14(20-3)12-15(16)21-4/h10-13,17H,5-9H2,1-4H3. The quantitative estimate of drug-likeness (QED) is 0.669. The van der Waals surface area contributed by atoms with Crippen molar-refractivity contribution in [3.05, 3.63) is 18.2 Å². The molecular weight excluding hydrogens is 302 g/mol. The van der Waals surface area contributed by atoms with Gasteiger partial charge in [0.15, 0.2) is 0 Å². The summed E-state index contributed by atoms with van der Waals surface area (Å²) in [7, 11) is -0.627. The van der Waals surface area contributed by atoms with Gasteiger partial charge in [-0.05, 0) is 25.5 Å². The smallest absolute Gasteiger partial charge is 0.244 e. The van der Waals surface area contributed by atoms with Crippen molar-refractivity contribution in [2.75, 3.05) is 14.2 Å². The minimum absolute atomic E-state index is 0.103. The van der Waals surface area contributed by atoms with Crippen LogP contribution in [0.4, 0.5) is 0 Å². The van der Waals surface area contributed by atoms with E-state index in [9.17, 15) is 8.42 Å². The van der Waals surface area contributed by atoms with E-state index in [1.807, 2.05) is 6.92 Å². The molecule has 0 aliphatic rings. The molecule has 0 fully saturated rings. The summed E-state index contributed by atoms with van der Waals surface area (Å²) in [6.45, 7) is 4.04. The van der Waals surface area contributed by atoms with Crippen LogP contribution in [0, 0.1) is 0 Å². The zero-order chi connectivity index (χ0) is 16.6. The predicted molar refractivity (Wildman–Crippen MR) is 88.1 cm³/mol. The largest absolute Gasteiger partial charge is 0.497 e. The van der Waals surface area contributed by atoms with Crippen LogP contribution in [-0.2, 0) is 10.0 Å².